The molecular weight excluding hydrogens is 272 g/mol. The molecule has 0 bridgehead atoms. The zero-order valence-electron chi connectivity index (χ0n) is 12.4. The molecule has 2 heterocycles. The molecule has 3 rings (SSSR count). The van der Waals surface area contributed by atoms with Crippen LogP contribution in [-0.2, 0) is 6.54 Å². The Morgan fingerprint density at radius 2 is 1.90 bits per heavy atom. The van der Waals surface area contributed by atoms with Gasteiger partial charge in [0.25, 0.3) is 0 Å². The van der Waals surface area contributed by atoms with Crippen molar-refractivity contribution in [2.45, 2.75) is 6.54 Å². The molecule has 0 unspecified atom stereocenters. The van der Waals surface area contributed by atoms with E-state index in [1.165, 1.54) is 5.56 Å². The van der Waals surface area contributed by atoms with Gasteiger partial charge in [-0.2, -0.15) is 0 Å². The van der Waals surface area contributed by atoms with Crippen LogP contribution in [0.25, 0.3) is 0 Å². The number of β-amino-alcohol motifs (C(OH)–C–C–N with tert-alkyl or cyclic N) is 1. The van der Waals surface area contributed by atoms with Gasteiger partial charge in [0.15, 0.2) is 11.5 Å². The van der Waals surface area contributed by atoms with E-state index in [0.29, 0.717) is 5.75 Å². The van der Waals surface area contributed by atoms with E-state index in [1.807, 2.05) is 12.1 Å². The van der Waals surface area contributed by atoms with Crippen molar-refractivity contribution in [3.8, 4) is 17.2 Å². The molecule has 0 aliphatic carbocycles. The van der Waals surface area contributed by atoms with Crippen molar-refractivity contribution in [3.63, 3.8) is 0 Å². The maximum Gasteiger partial charge on any atom is 0.231 e. The van der Waals surface area contributed by atoms with Gasteiger partial charge in [-0.15, -0.1) is 0 Å². The molecular formula is C15H22N2O4. The maximum atomic E-state index is 8.97. The average molecular weight is 294 g/mol. The summed E-state index contributed by atoms with van der Waals surface area (Å²) >= 11 is 0. The number of nitrogens with zero attached hydrogens (tertiary/aromatic N) is 2. The van der Waals surface area contributed by atoms with Crippen molar-refractivity contribution < 1.29 is 19.3 Å². The summed E-state index contributed by atoms with van der Waals surface area (Å²) in [6, 6.07) is 4.05. The Morgan fingerprint density at radius 1 is 1.14 bits per heavy atom. The van der Waals surface area contributed by atoms with E-state index < -0.39 is 0 Å². The lowest BCUT2D eigenvalue weighted by Crippen LogP contribution is -2.46. The molecule has 0 spiro atoms. The second kappa shape index (κ2) is 6.51. The number of ether oxygens (including phenoxy) is 3. The fourth-order valence-electron chi connectivity index (χ4n) is 2.85. The number of rotatable bonds is 5. The summed E-state index contributed by atoms with van der Waals surface area (Å²) in [7, 11) is 1.65. The first-order valence-electron chi connectivity index (χ1n) is 7.32. The van der Waals surface area contributed by atoms with E-state index >= 15 is 0 Å². The lowest BCUT2D eigenvalue weighted by molar-refractivity contribution is 0.108. The van der Waals surface area contributed by atoms with Gasteiger partial charge in [0.05, 0.1) is 13.7 Å². The summed E-state index contributed by atoms with van der Waals surface area (Å²) in [5.41, 5.74) is 1.17. The summed E-state index contributed by atoms with van der Waals surface area (Å²) in [6.07, 6.45) is 0. The van der Waals surface area contributed by atoms with Crippen molar-refractivity contribution in [1.82, 2.24) is 9.80 Å². The number of benzene rings is 1. The van der Waals surface area contributed by atoms with E-state index in [-0.39, 0.29) is 13.4 Å². The minimum absolute atomic E-state index is 0.235. The lowest BCUT2D eigenvalue weighted by Gasteiger charge is -2.34. The van der Waals surface area contributed by atoms with Gasteiger partial charge < -0.3 is 19.3 Å². The number of piperazine rings is 1. The summed E-state index contributed by atoms with van der Waals surface area (Å²) in [5, 5.41) is 8.97. The third kappa shape index (κ3) is 3.23. The molecule has 116 valence electrons. The first-order valence-corrected chi connectivity index (χ1v) is 7.32. The van der Waals surface area contributed by atoms with Crippen LogP contribution in [0, 0.1) is 0 Å². The molecule has 1 aromatic carbocycles. The van der Waals surface area contributed by atoms with Gasteiger partial charge in [-0.3, -0.25) is 9.80 Å². The van der Waals surface area contributed by atoms with E-state index in [9.17, 15) is 0 Å². The SMILES string of the molecule is COc1cc(CN2CCN(CCO)CC2)cc2c1OCO2. The van der Waals surface area contributed by atoms with E-state index in [1.54, 1.807) is 7.11 Å². The zero-order valence-corrected chi connectivity index (χ0v) is 12.4. The predicted octanol–water partition coefficient (Wildman–Crippen LogP) is 0.534. The summed E-state index contributed by atoms with van der Waals surface area (Å²) < 4.78 is 16.3. The Morgan fingerprint density at radius 3 is 2.62 bits per heavy atom. The standard InChI is InChI=1S/C15H22N2O4/c1-19-13-8-12(9-14-15(13)21-11-20-14)10-17-4-2-16(3-5-17)6-7-18/h8-9,18H,2-7,10-11H2,1H3. The Kier molecular flexibility index (Phi) is 4.48. The van der Waals surface area contributed by atoms with Crippen LogP contribution in [0.3, 0.4) is 0 Å². The number of fused-ring (bicyclic) bond motifs is 1. The molecule has 0 atom stereocenters. The van der Waals surface area contributed by atoms with Gasteiger partial charge in [0.1, 0.15) is 0 Å². The van der Waals surface area contributed by atoms with Crippen LogP contribution in [0.2, 0.25) is 0 Å². The minimum atomic E-state index is 0.235. The van der Waals surface area contributed by atoms with Crippen LogP contribution in [0.15, 0.2) is 12.1 Å². The lowest BCUT2D eigenvalue weighted by atomic mass is 10.1. The smallest absolute Gasteiger partial charge is 0.231 e. The van der Waals surface area contributed by atoms with E-state index in [0.717, 1.165) is 50.8 Å². The van der Waals surface area contributed by atoms with Crippen molar-refractivity contribution in [1.29, 1.82) is 0 Å². The van der Waals surface area contributed by atoms with Crippen LogP contribution >= 0.6 is 0 Å². The monoisotopic (exact) mass is 294 g/mol. The van der Waals surface area contributed by atoms with Gasteiger partial charge in [0.2, 0.25) is 12.5 Å². The third-order valence-corrected chi connectivity index (χ3v) is 4.01. The number of hydrogen-bond acceptors (Lipinski definition) is 6. The molecule has 1 saturated heterocycles. The molecule has 1 fully saturated rings. The minimum Gasteiger partial charge on any atom is -0.493 e. The fourth-order valence-corrected chi connectivity index (χ4v) is 2.85. The van der Waals surface area contributed by atoms with Gasteiger partial charge in [-0.1, -0.05) is 0 Å². The third-order valence-electron chi connectivity index (χ3n) is 4.01. The quantitative estimate of drug-likeness (QED) is 0.855. The van der Waals surface area contributed by atoms with Gasteiger partial charge in [0, 0.05) is 39.3 Å². The molecule has 0 amide bonds. The largest absolute Gasteiger partial charge is 0.493 e. The van der Waals surface area contributed by atoms with Crippen LogP contribution in [0.1, 0.15) is 5.56 Å². The Hall–Kier alpha value is -1.50. The van der Waals surface area contributed by atoms with Crippen LogP contribution in [0.5, 0.6) is 17.2 Å². The molecule has 21 heavy (non-hydrogen) atoms. The number of aliphatic hydroxyl groups excluding tert-OH is 1. The molecule has 2 aliphatic rings. The first-order chi connectivity index (χ1) is 10.3. The Balaban J connectivity index is 1.63. The molecule has 6 heteroatoms. The number of methoxy groups -OCH3 is 1. The summed E-state index contributed by atoms with van der Waals surface area (Å²) in [5.74, 6) is 2.20. The highest BCUT2D eigenvalue weighted by atomic mass is 16.7. The molecule has 6 nitrogen and oxygen atoms in total. The molecule has 1 N–H and O–H groups in total. The van der Waals surface area contributed by atoms with Crippen molar-refractivity contribution >= 4 is 0 Å². The highest BCUT2D eigenvalue weighted by molar-refractivity contribution is 5.55. The van der Waals surface area contributed by atoms with Crippen LogP contribution < -0.4 is 14.2 Å². The number of aliphatic hydroxyl groups is 1. The number of hydrogen-bond donors (Lipinski definition) is 1. The van der Waals surface area contributed by atoms with E-state index in [4.69, 9.17) is 19.3 Å². The van der Waals surface area contributed by atoms with Crippen LogP contribution in [0.4, 0.5) is 0 Å². The first kappa shape index (κ1) is 14.4. The highest BCUT2D eigenvalue weighted by Crippen LogP contribution is 2.42. The second-order valence-corrected chi connectivity index (χ2v) is 5.37. The highest BCUT2D eigenvalue weighted by Gasteiger charge is 2.22. The van der Waals surface area contributed by atoms with Crippen molar-refractivity contribution in [2.24, 2.45) is 0 Å². The van der Waals surface area contributed by atoms with Gasteiger partial charge >= 0.3 is 0 Å². The molecule has 2 aliphatic heterocycles. The van der Waals surface area contributed by atoms with E-state index in [2.05, 4.69) is 9.80 Å². The zero-order chi connectivity index (χ0) is 14.7. The summed E-state index contributed by atoms with van der Waals surface area (Å²) in [6.45, 7) is 6.16. The molecule has 0 radical (unpaired) electrons. The second-order valence-electron chi connectivity index (χ2n) is 5.37. The topological polar surface area (TPSA) is 54.4 Å². The Labute approximate surface area is 124 Å². The molecule has 0 saturated carbocycles. The van der Waals surface area contributed by atoms with Crippen molar-refractivity contribution in [2.75, 3.05) is 53.2 Å². The molecule has 1 aromatic rings. The molecule has 0 aromatic heterocycles. The average Bonchev–Trinajstić information content (AvgIpc) is 2.97. The van der Waals surface area contributed by atoms with Crippen LogP contribution in [-0.4, -0.2) is 68.1 Å². The predicted molar refractivity (Wildman–Crippen MR) is 77.9 cm³/mol. The fraction of sp³-hybridized carbons (Fsp3) is 0.600. The normalized spacial score (nSPS) is 19.0. The van der Waals surface area contributed by atoms with Gasteiger partial charge in [-0.05, 0) is 17.7 Å². The maximum absolute atomic E-state index is 8.97. The van der Waals surface area contributed by atoms with Gasteiger partial charge in [-0.25, -0.2) is 0 Å². The summed E-state index contributed by atoms with van der Waals surface area (Å²) in [4.78, 5) is 4.70. The Bertz CT molecular complexity index is 487. The van der Waals surface area contributed by atoms with Crippen molar-refractivity contribution in [3.05, 3.63) is 17.7 Å².